The lowest BCUT2D eigenvalue weighted by molar-refractivity contribution is -0.144. The zero-order chi connectivity index (χ0) is 16.2. The van der Waals surface area contributed by atoms with Crippen molar-refractivity contribution >= 4 is 18.0 Å². The second kappa shape index (κ2) is 6.96. The van der Waals surface area contributed by atoms with Gasteiger partial charge in [-0.2, -0.15) is 0 Å². The number of aromatic carboxylic acids is 1. The molecule has 122 valence electrons. The quantitative estimate of drug-likeness (QED) is 0.871. The van der Waals surface area contributed by atoms with E-state index >= 15 is 0 Å². The lowest BCUT2D eigenvalue weighted by Gasteiger charge is -2.43. The molecule has 0 spiro atoms. The molecule has 1 aliphatic carbocycles. The van der Waals surface area contributed by atoms with Gasteiger partial charge in [-0.05, 0) is 36.6 Å². The van der Waals surface area contributed by atoms with Gasteiger partial charge in [-0.15, -0.1) is 0 Å². The number of carbonyl (C=O) groups is 2. The minimum Gasteiger partial charge on any atom is -0.478 e. The Kier molecular flexibility index (Phi) is 4.76. The van der Waals surface area contributed by atoms with Gasteiger partial charge in [-0.1, -0.05) is 25.0 Å². The van der Waals surface area contributed by atoms with Crippen molar-refractivity contribution in [2.24, 2.45) is 0 Å². The topological polar surface area (TPSA) is 66.8 Å². The highest BCUT2D eigenvalue weighted by Gasteiger charge is 2.35. The van der Waals surface area contributed by atoms with Crippen LogP contribution in [0.1, 0.15) is 41.6 Å². The van der Waals surface area contributed by atoms with Crippen LogP contribution in [0.3, 0.4) is 0 Å². The zero-order valence-electron chi connectivity index (χ0n) is 13.0. The van der Waals surface area contributed by atoms with E-state index in [0.29, 0.717) is 13.2 Å². The minimum absolute atomic E-state index is 0.00695. The maximum absolute atomic E-state index is 12.5. The van der Waals surface area contributed by atoms with Crippen LogP contribution in [0.5, 0.6) is 0 Å². The lowest BCUT2D eigenvalue weighted by atomic mass is 9.90. The first-order valence-electron chi connectivity index (χ1n) is 8.09. The SMILES string of the molecule is O=C(O)c1ccc(/C=C/C(=O)N2CCO[C@H]3CCCC[C@@H]32)cc1. The molecule has 5 heteroatoms. The second-order valence-electron chi connectivity index (χ2n) is 6.05. The number of hydrogen-bond donors (Lipinski definition) is 1. The first-order valence-corrected chi connectivity index (χ1v) is 8.09. The van der Waals surface area contributed by atoms with Crippen molar-refractivity contribution in [3.8, 4) is 0 Å². The fourth-order valence-electron chi connectivity index (χ4n) is 3.37. The van der Waals surface area contributed by atoms with Gasteiger partial charge in [0.05, 0.1) is 24.3 Å². The summed E-state index contributed by atoms with van der Waals surface area (Å²) in [6.45, 7) is 1.25. The highest BCUT2D eigenvalue weighted by Crippen LogP contribution is 2.28. The lowest BCUT2D eigenvalue weighted by Crippen LogP contribution is -2.54. The number of fused-ring (bicyclic) bond motifs is 1. The average molecular weight is 315 g/mol. The van der Waals surface area contributed by atoms with Crippen LogP contribution in [-0.2, 0) is 9.53 Å². The molecule has 0 bridgehead atoms. The first-order chi connectivity index (χ1) is 11.1. The Labute approximate surface area is 135 Å². The Bertz CT molecular complexity index is 606. The number of morpholine rings is 1. The van der Waals surface area contributed by atoms with Gasteiger partial charge in [0.2, 0.25) is 5.91 Å². The van der Waals surface area contributed by atoms with Crippen molar-refractivity contribution in [3.05, 3.63) is 41.5 Å². The third-order valence-electron chi connectivity index (χ3n) is 4.59. The molecule has 0 unspecified atom stereocenters. The van der Waals surface area contributed by atoms with Crippen molar-refractivity contribution < 1.29 is 19.4 Å². The molecule has 0 aromatic heterocycles. The minimum atomic E-state index is -0.951. The van der Waals surface area contributed by atoms with Crippen LogP contribution in [0.15, 0.2) is 30.3 Å². The maximum atomic E-state index is 12.5. The Morgan fingerprint density at radius 1 is 1.17 bits per heavy atom. The van der Waals surface area contributed by atoms with Crippen molar-refractivity contribution in [2.75, 3.05) is 13.2 Å². The summed E-state index contributed by atoms with van der Waals surface area (Å²) in [5, 5.41) is 8.88. The number of nitrogens with zero attached hydrogens (tertiary/aromatic N) is 1. The van der Waals surface area contributed by atoms with Gasteiger partial charge in [0.15, 0.2) is 0 Å². The van der Waals surface area contributed by atoms with E-state index in [4.69, 9.17) is 9.84 Å². The molecule has 1 aromatic carbocycles. The summed E-state index contributed by atoms with van der Waals surface area (Å²) in [4.78, 5) is 25.2. The Morgan fingerprint density at radius 2 is 1.91 bits per heavy atom. The molecule has 1 heterocycles. The summed E-state index contributed by atoms with van der Waals surface area (Å²) in [6.07, 6.45) is 7.87. The molecule has 1 saturated heterocycles. The summed E-state index contributed by atoms with van der Waals surface area (Å²) in [6, 6.07) is 6.69. The third-order valence-corrected chi connectivity index (χ3v) is 4.59. The number of carboxylic acids is 1. The molecule has 23 heavy (non-hydrogen) atoms. The summed E-state index contributed by atoms with van der Waals surface area (Å²) in [7, 11) is 0. The van der Waals surface area contributed by atoms with Crippen molar-refractivity contribution in [1.82, 2.24) is 4.90 Å². The fourth-order valence-corrected chi connectivity index (χ4v) is 3.37. The van der Waals surface area contributed by atoms with Crippen molar-refractivity contribution in [1.29, 1.82) is 0 Å². The van der Waals surface area contributed by atoms with Crippen LogP contribution in [0, 0.1) is 0 Å². The van der Waals surface area contributed by atoms with Crippen LogP contribution in [0.2, 0.25) is 0 Å². The number of ether oxygens (including phenoxy) is 1. The highest BCUT2D eigenvalue weighted by molar-refractivity contribution is 5.92. The molecular weight excluding hydrogens is 294 g/mol. The standard InChI is InChI=1S/C18H21NO4/c20-17(10-7-13-5-8-14(9-6-13)18(21)22)19-11-12-23-16-4-2-1-3-15(16)19/h5-10,15-16H,1-4,11-12H2,(H,21,22)/b10-7+/t15-,16-/m0/s1. The van der Waals surface area contributed by atoms with Crippen LogP contribution >= 0.6 is 0 Å². The molecular formula is C18H21NO4. The van der Waals surface area contributed by atoms with Crippen LogP contribution in [-0.4, -0.2) is 47.2 Å². The molecule has 5 nitrogen and oxygen atoms in total. The summed E-state index contributed by atoms with van der Waals surface area (Å²) < 4.78 is 5.79. The number of carboxylic acid groups (broad SMARTS) is 1. The molecule has 2 fully saturated rings. The molecule has 2 aliphatic rings. The van der Waals surface area contributed by atoms with E-state index in [1.165, 1.54) is 6.42 Å². The number of carbonyl (C=O) groups excluding carboxylic acids is 1. The number of rotatable bonds is 3. The summed E-state index contributed by atoms with van der Waals surface area (Å²) >= 11 is 0. The maximum Gasteiger partial charge on any atom is 0.335 e. The fraction of sp³-hybridized carbons (Fsp3) is 0.444. The Balaban J connectivity index is 1.66. The smallest absolute Gasteiger partial charge is 0.335 e. The van der Waals surface area contributed by atoms with E-state index < -0.39 is 5.97 Å². The number of benzene rings is 1. The largest absolute Gasteiger partial charge is 0.478 e. The van der Waals surface area contributed by atoms with Crippen LogP contribution < -0.4 is 0 Å². The molecule has 2 atom stereocenters. The van der Waals surface area contributed by atoms with E-state index in [2.05, 4.69) is 0 Å². The van der Waals surface area contributed by atoms with Crippen molar-refractivity contribution in [3.63, 3.8) is 0 Å². The van der Waals surface area contributed by atoms with Gasteiger partial charge in [0.1, 0.15) is 0 Å². The molecule has 3 rings (SSSR count). The molecule has 1 aliphatic heterocycles. The number of hydrogen-bond acceptors (Lipinski definition) is 3. The molecule has 1 saturated carbocycles. The molecule has 1 amide bonds. The Hall–Kier alpha value is -2.14. The zero-order valence-corrected chi connectivity index (χ0v) is 13.0. The highest BCUT2D eigenvalue weighted by atomic mass is 16.5. The summed E-state index contributed by atoms with van der Waals surface area (Å²) in [5.41, 5.74) is 1.06. The van der Waals surface area contributed by atoms with Gasteiger partial charge >= 0.3 is 5.97 Å². The van der Waals surface area contributed by atoms with E-state index in [-0.39, 0.29) is 23.6 Å². The van der Waals surface area contributed by atoms with E-state index in [9.17, 15) is 9.59 Å². The Morgan fingerprint density at radius 3 is 2.65 bits per heavy atom. The average Bonchev–Trinajstić information content (AvgIpc) is 2.59. The van der Waals surface area contributed by atoms with Gasteiger partial charge in [0, 0.05) is 12.6 Å². The molecule has 1 aromatic rings. The predicted molar refractivity (Wildman–Crippen MR) is 86.1 cm³/mol. The van der Waals surface area contributed by atoms with Crippen LogP contribution in [0.25, 0.3) is 6.08 Å². The van der Waals surface area contributed by atoms with Gasteiger partial charge in [-0.25, -0.2) is 4.79 Å². The predicted octanol–water partition coefficient (Wildman–Crippen LogP) is 2.57. The van der Waals surface area contributed by atoms with E-state index in [1.54, 1.807) is 36.4 Å². The van der Waals surface area contributed by atoms with E-state index in [1.807, 2.05) is 4.90 Å². The third kappa shape index (κ3) is 3.62. The summed E-state index contributed by atoms with van der Waals surface area (Å²) in [5.74, 6) is -0.944. The second-order valence-corrected chi connectivity index (χ2v) is 6.05. The normalized spacial score (nSPS) is 24.4. The van der Waals surface area contributed by atoms with Crippen molar-refractivity contribution in [2.45, 2.75) is 37.8 Å². The van der Waals surface area contributed by atoms with E-state index in [0.717, 1.165) is 24.8 Å². The molecule has 0 radical (unpaired) electrons. The first kappa shape index (κ1) is 15.7. The van der Waals surface area contributed by atoms with Gasteiger partial charge in [-0.3, -0.25) is 4.79 Å². The van der Waals surface area contributed by atoms with Crippen LogP contribution in [0.4, 0.5) is 0 Å². The number of amides is 1. The van der Waals surface area contributed by atoms with Gasteiger partial charge < -0.3 is 14.7 Å². The van der Waals surface area contributed by atoms with Gasteiger partial charge in [0.25, 0.3) is 0 Å². The monoisotopic (exact) mass is 315 g/mol. The molecule has 1 N–H and O–H groups in total.